The van der Waals surface area contributed by atoms with Gasteiger partial charge in [-0.05, 0) is 48.8 Å². The highest BCUT2D eigenvalue weighted by atomic mass is 79.9. The zero-order chi connectivity index (χ0) is 16.5. The molecule has 0 bridgehead atoms. The number of aldehydes is 1. The van der Waals surface area contributed by atoms with E-state index in [1.54, 1.807) is 25.0 Å². The summed E-state index contributed by atoms with van der Waals surface area (Å²) in [6, 6.07) is 5.50. The van der Waals surface area contributed by atoms with Gasteiger partial charge in [0.2, 0.25) is 0 Å². The van der Waals surface area contributed by atoms with Gasteiger partial charge >= 0.3 is 0 Å². The summed E-state index contributed by atoms with van der Waals surface area (Å²) in [4.78, 5) is 11.6. The molecule has 1 heterocycles. The molecule has 2 aromatic rings. The largest absolute Gasteiger partial charge is 0.493 e. The summed E-state index contributed by atoms with van der Waals surface area (Å²) >= 11 is 3.47. The summed E-state index contributed by atoms with van der Waals surface area (Å²) in [6.07, 6.45) is 0.799. The first-order valence-electron chi connectivity index (χ1n) is 6.80. The molecule has 0 aliphatic carbocycles. The Morgan fingerprint density at radius 1 is 1.23 bits per heavy atom. The minimum Gasteiger partial charge on any atom is -0.493 e. The van der Waals surface area contributed by atoms with E-state index in [4.69, 9.17) is 9.47 Å². The van der Waals surface area contributed by atoms with E-state index in [1.807, 2.05) is 32.9 Å². The Kier molecular flexibility index (Phi) is 4.60. The Hall–Kier alpha value is -1.82. The highest BCUT2D eigenvalue weighted by Crippen LogP contribution is 2.40. The van der Waals surface area contributed by atoms with Crippen molar-refractivity contribution in [3.05, 3.63) is 28.4 Å². The number of nitrogens with zero attached hydrogens (tertiary/aromatic N) is 2. The first-order chi connectivity index (χ1) is 10.3. The van der Waals surface area contributed by atoms with Gasteiger partial charge in [0.05, 0.1) is 25.3 Å². The number of hydrogen-bond acceptors (Lipinski definition) is 4. The molecule has 1 aromatic carbocycles. The molecule has 6 heteroatoms. The Labute approximate surface area is 138 Å². The molecule has 0 N–H and O–H groups in total. The van der Waals surface area contributed by atoms with Crippen LogP contribution in [0.3, 0.4) is 0 Å². The number of aromatic nitrogens is 2. The second-order valence-corrected chi connectivity index (χ2v) is 6.55. The predicted octanol–water partition coefficient (Wildman–Crippen LogP) is 3.90. The van der Waals surface area contributed by atoms with E-state index in [1.165, 1.54) is 0 Å². The van der Waals surface area contributed by atoms with Crippen molar-refractivity contribution in [2.45, 2.75) is 26.3 Å². The molecule has 2 rings (SSSR count). The highest BCUT2D eigenvalue weighted by Gasteiger charge is 2.26. The molecule has 0 saturated heterocycles. The molecule has 0 radical (unpaired) electrons. The van der Waals surface area contributed by atoms with Gasteiger partial charge in [-0.25, -0.2) is 0 Å². The summed E-state index contributed by atoms with van der Waals surface area (Å²) in [5, 5.41) is 4.61. The van der Waals surface area contributed by atoms with E-state index in [0.29, 0.717) is 32.9 Å². The molecule has 0 aliphatic heterocycles. The lowest BCUT2D eigenvalue weighted by molar-refractivity contribution is 0.112. The van der Waals surface area contributed by atoms with Gasteiger partial charge in [0.1, 0.15) is 10.3 Å². The second-order valence-electron chi connectivity index (χ2n) is 5.79. The number of rotatable bonds is 4. The molecule has 0 saturated carbocycles. The number of carbonyl (C=O) groups is 1. The monoisotopic (exact) mass is 366 g/mol. The smallest absolute Gasteiger partial charge is 0.170 e. The van der Waals surface area contributed by atoms with Gasteiger partial charge in [-0.15, -0.1) is 0 Å². The third-order valence-electron chi connectivity index (χ3n) is 3.27. The Bertz CT molecular complexity index is 702. The molecule has 5 nitrogen and oxygen atoms in total. The van der Waals surface area contributed by atoms with Crippen LogP contribution in [0.2, 0.25) is 0 Å². The van der Waals surface area contributed by atoms with Gasteiger partial charge in [-0.1, -0.05) is 6.07 Å². The van der Waals surface area contributed by atoms with Crippen molar-refractivity contribution in [3.8, 4) is 22.8 Å². The van der Waals surface area contributed by atoms with Crippen LogP contribution >= 0.6 is 15.9 Å². The Balaban J connectivity index is 2.76. The number of ether oxygens (including phenoxy) is 2. The van der Waals surface area contributed by atoms with Gasteiger partial charge in [0.25, 0.3) is 0 Å². The SMILES string of the molecule is COc1cccc(-c2nn(C(C)(C)C)c(Br)c2C=O)c1OC. The zero-order valence-corrected chi connectivity index (χ0v) is 14.9. The first kappa shape index (κ1) is 16.5. The van der Waals surface area contributed by atoms with Gasteiger partial charge in [0.15, 0.2) is 17.8 Å². The third kappa shape index (κ3) is 2.75. The standard InChI is InChI=1S/C16H19BrN2O3/c1-16(2,3)19-15(17)11(9-20)13(18-19)10-7-6-8-12(21-4)14(10)22-5/h6-9H,1-5H3. The maximum Gasteiger partial charge on any atom is 0.170 e. The van der Waals surface area contributed by atoms with Gasteiger partial charge in [-0.3, -0.25) is 9.48 Å². The van der Waals surface area contributed by atoms with E-state index in [0.717, 1.165) is 6.29 Å². The van der Waals surface area contributed by atoms with Crippen molar-refractivity contribution in [1.29, 1.82) is 0 Å². The number of carbonyl (C=O) groups excluding carboxylic acids is 1. The van der Waals surface area contributed by atoms with E-state index >= 15 is 0 Å². The molecule has 1 aromatic heterocycles. The summed E-state index contributed by atoms with van der Waals surface area (Å²) in [6.45, 7) is 6.06. The van der Waals surface area contributed by atoms with Crippen LogP contribution in [-0.2, 0) is 5.54 Å². The summed E-state index contributed by atoms with van der Waals surface area (Å²) < 4.78 is 13.2. The van der Waals surface area contributed by atoms with Gasteiger partial charge in [-0.2, -0.15) is 5.10 Å². The van der Waals surface area contributed by atoms with Crippen LogP contribution in [-0.4, -0.2) is 30.3 Å². The maximum absolute atomic E-state index is 11.6. The Morgan fingerprint density at radius 2 is 1.91 bits per heavy atom. The first-order valence-corrected chi connectivity index (χ1v) is 7.60. The van der Waals surface area contributed by atoms with Crippen LogP contribution in [0.4, 0.5) is 0 Å². The number of para-hydroxylation sites is 1. The molecule has 0 atom stereocenters. The number of benzene rings is 1. The Morgan fingerprint density at radius 3 is 2.41 bits per heavy atom. The lowest BCUT2D eigenvalue weighted by Crippen LogP contribution is -2.23. The van der Waals surface area contributed by atoms with Crippen molar-refractivity contribution in [2.24, 2.45) is 0 Å². The minimum absolute atomic E-state index is 0.263. The number of methoxy groups -OCH3 is 2. The van der Waals surface area contributed by atoms with Crippen molar-refractivity contribution in [3.63, 3.8) is 0 Å². The molecule has 0 spiro atoms. The quantitative estimate of drug-likeness (QED) is 0.770. The van der Waals surface area contributed by atoms with E-state index in [9.17, 15) is 4.79 Å². The average Bonchev–Trinajstić information content (AvgIpc) is 2.82. The topological polar surface area (TPSA) is 53.4 Å². The molecule has 118 valence electrons. The zero-order valence-electron chi connectivity index (χ0n) is 13.3. The molecule has 0 unspecified atom stereocenters. The highest BCUT2D eigenvalue weighted by molar-refractivity contribution is 9.10. The van der Waals surface area contributed by atoms with Crippen LogP contribution in [0.5, 0.6) is 11.5 Å². The second kappa shape index (κ2) is 6.12. The lowest BCUT2D eigenvalue weighted by atomic mass is 10.1. The molecule has 0 fully saturated rings. The van der Waals surface area contributed by atoms with Gasteiger partial charge in [0, 0.05) is 5.56 Å². The number of halogens is 1. The minimum atomic E-state index is -0.263. The van der Waals surface area contributed by atoms with Crippen molar-refractivity contribution in [2.75, 3.05) is 14.2 Å². The van der Waals surface area contributed by atoms with E-state index in [2.05, 4.69) is 21.0 Å². The van der Waals surface area contributed by atoms with Crippen molar-refractivity contribution < 1.29 is 14.3 Å². The van der Waals surface area contributed by atoms with Crippen LogP contribution in [0, 0.1) is 0 Å². The summed E-state index contributed by atoms with van der Waals surface area (Å²) in [5.41, 5.74) is 1.50. The summed E-state index contributed by atoms with van der Waals surface area (Å²) in [7, 11) is 3.14. The average molecular weight is 367 g/mol. The van der Waals surface area contributed by atoms with Crippen LogP contribution in [0.15, 0.2) is 22.8 Å². The fraction of sp³-hybridized carbons (Fsp3) is 0.375. The van der Waals surface area contributed by atoms with Crippen molar-refractivity contribution in [1.82, 2.24) is 9.78 Å². The molecular weight excluding hydrogens is 348 g/mol. The van der Waals surface area contributed by atoms with E-state index < -0.39 is 0 Å². The van der Waals surface area contributed by atoms with Crippen LogP contribution < -0.4 is 9.47 Å². The number of hydrogen-bond donors (Lipinski definition) is 0. The molecule has 22 heavy (non-hydrogen) atoms. The van der Waals surface area contributed by atoms with Gasteiger partial charge < -0.3 is 9.47 Å². The maximum atomic E-state index is 11.6. The van der Waals surface area contributed by atoms with Crippen LogP contribution in [0.1, 0.15) is 31.1 Å². The molecular formula is C16H19BrN2O3. The summed E-state index contributed by atoms with van der Waals surface area (Å²) in [5.74, 6) is 1.15. The fourth-order valence-electron chi connectivity index (χ4n) is 2.23. The normalized spacial score (nSPS) is 11.4. The molecule has 0 aliphatic rings. The molecule has 0 amide bonds. The van der Waals surface area contributed by atoms with Crippen LogP contribution in [0.25, 0.3) is 11.3 Å². The third-order valence-corrected chi connectivity index (χ3v) is 4.04. The lowest BCUT2D eigenvalue weighted by Gasteiger charge is -2.20. The van der Waals surface area contributed by atoms with E-state index in [-0.39, 0.29) is 5.54 Å². The fourth-order valence-corrected chi connectivity index (χ4v) is 3.12. The van der Waals surface area contributed by atoms with Crippen molar-refractivity contribution >= 4 is 22.2 Å². The predicted molar refractivity (Wildman–Crippen MR) is 88.9 cm³/mol.